The number of nitrogens with one attached hydrogen (secondary N) is 1. The molecule has 0 atom stereocenters. The fourth-order valence-corrected chi connectivity index (χ4v) is 1.40. The Balaban J connectivity index is 2.38. The van der Waals surface area contributed by atoms with Crippen molar-refractivity contribution in [2.75, 3.05) is 13.2 Å². The van der Waals surface area contributed by atoms with E-state index >= 15 is 0 Å². The lowest BCUT2D eigenvalue weighted by atomic mass is 10.0. The summed E-state index contributed by atoms with van der Waals surface area (Å²) in [6, 6.07) is 4.61. The van der Waals surface area contributed by atoms with Gasteiger partial charge in [-0.3, -0.25) is 0 Å². The third kappa shape index (κ3) is 4.73. The van der Waals surface area contributed by atoms with Gasteiger partial charge >= 0.3 is 0 Å². The van der Waals surface area contributed by atoms with Crippen LogP contribution in [0.1, 0.15) is 32.8 Å². The number of aryl methyl sites for hydroxylation is 1. The Morgan fingerprint density at radius 3 is 2.71 bits per heavy atom. The van der Waals surface area contributed by atoms with E-state index in [9.17, 15) is 4.39 Å². The Kier molecular flexibility index (Phi) is 4.94. The van der Waals surface area contributed by atoms with E-state index in [1.165, 1.54) is 12.1 Å². The summed E-state index contributed by atoms with van der Waals surface area (Å²) in [6.07, 6.45) is 1.06. The molecular weight excluding hydrogens is 217 g/mol. The van der Waals surface area contributed by atoms with Crippen molar-refractivity contribution < 1.29 is 9.13 Å². The molecule has 0 aliphatic heterocycles. The molecule has 0 aliphatic carbocycles. The van der Waals surface area contributed by atoms with Gasteiger partial charge in [0, 0.05) is 18.2 Å². The number of hydrogen-bond acceptors (Lipinski definition) is 2. The number of benzene rings is 1. The van der Waals surface area contributed by atoms with Crippen LogP contribution in [0.3, 0.4) is 0 Å². The molecule has 0 fully saturated rings. The van der Waals surface area contributed by atoms with Gasteiger partial charge in [0.25, 0.3) is 0 Å². The second-order valence-electron chi connectivity index (χ2n) is 4.92. The first kappa shape index (κ1) is 14.0. The molecule has 1 aromatic rings. The minimum atomic E-state index is -0.257. The van der Waals surface area contributed by atoms with E-state index in [0.29, 0.717) is 12.4 Å². The summed E-state index contributed by atoms with van der Waals surface area (Å²) in [5.41, 5.74) is 1.08. The molecule has 0 aliphatic rings. The molecule has 0 bridgehead atoms. The van der Waals surface area contributed by atoms with Gasteiger partial charge in [-0.15, -0.1) is 0 Å². The van der Waals surface area contributed by atoms with Crippen molar-refractivity contribution in [3.63, 3.8) is 0 Å². The zero-order valence-corrected chi connectivity index (χ0v) is 11.1. The molecule has 1 aromatic carbocycles. The van der Waals surface area contributed by atoms with Crippen LogP contribution in [0.2, 0.25) is 0 Å². The summed E-state index contributed by atoms with van der Waals surface area (Å²) in [5, 5.41) is 3.39. The number of ether oxygens (including phenoxy) is 1. The highest BCUT2D eigenvalue weighted by molar-refractivity contribution is 5.32. The van der Waals surface area contributed by atoms with Crippen LogP contribution in [-0.2, 0) is 0 Å². The first-order valence-electron chi connectivity index (χ1n) is 6.08. The van der Waals surface area contributed by atoms with Crippen LogP contribution in [0.4, 0.5) is 4.39 Å². The van der Waals surface area contributed by atoms with Crippen molar-refractivity contribution in [2.45, 2.75) is 39.7 Å². The molecule has 3 heteroatoms. The molecule has 2 nitrogen and oxygen atoms in total. The van der Waals surface area contributed by atoms with Gasteiger partial charge in [-0.2, -0.15) is 0 Å². The lowest BCUT2D eigenvalue weighted by Gasteiger charge is -2.24. The van der Waals surface area contributed by atoms with E-state index in [1.54, 1.807) is 6.07 Å². The van der Waals surface area contributed by atoms with Crippen LogP contribution in [0.15, 0.2) is 18.2 Å². The Hall–Kier alpha value is -1.09. The van der Waals surface area contributed by atoms with Crippen molar-refractivity contribution in [3.8, 4) is 5.75 Å². The summed E-state index contributed by atoms with van der Waals surface area (Å²) in [6.45, 7) is 9.67. The van der Waals surface area contributed by atoms with Crippen LogP contribution in [0.5, 0.6) is 5.75 Å². The second kappa shape index (κ2) is 6.01. The van der Waals surface area contributed by atoms with Gasteiger partial charge < -0.3 is 10.1 Å². The maximum Gasteiger partial charge on any atom is 0.126 e. The van der Waals surface area contributed by atoms with Crippen LogP contribution >= 0.6 is 0 Å². The van der Waals surface area contributed by atoms with E-state index in [1.807, 2.05) is 6.92 Å². The molecule has 0 radical (unpaired) electrons. The minimum absolute atomic E-state index is 0.125. The topological polar surface area (TPSA) is 21.3 Å². The highest BCUT2D eigenvalue weighted by Crippen LogP contribution is 2.18. The fraction of sp³-hybridized carbons (Fsp3) is 0.571. The van der Waals surface area contributed by atoms with Gasteiger partial charge in [-0.25, -0.2) is 4.39 Å². The van der Waals surface area contributed by atoms with E-state index in [4.69, 9.17) is 4.74 Å². The Morgan fingerprint density at radius 2 is 2.06 bits per heavy atom. The van der Waals surface area contributed by atoms with E-state index in [-0.39, 0.29) is 11.4 Å². The zero-order valence-electron chi connectivity index (χ0n) is 11.1. The van der Waals surface area contributed by atoms with E-state index in [2.05, 4.69) is 26.1 Å². The van der Waals surface area contributed by atoms with Crippen LogP contribution in [0, 0.1) is 12.7 Å². The molecule has 0 amide bonds. The molecule has 0 saturated carbocycles. The first-order chi connectivity index (χ1) is 7.94. The number of halogens is 1. The highest BCUT2D eigenvalue weighted by Gasteiger charge is 2.12. The Labute approximate surface area is 103 Å². The second-order valence-corrected chi connectivity index (χ2v) is 4.92. The molecule has 96 valence electrons. The normalized spacial score (nSPS) is 11.6. The molecule has 0 unspecified atom stereocenters. The zero-order chi connectivity index (χ0) is 12.9. The van der Waals surface area contributed by atoms with Crippen LogP contribution in [0.25, 0.3) is 0 Å². The van der Waals surface area contributed by atoms with Gasteiger partial charge in [-0.05, 0) is 38.8 Å². The quantitative estimate of drug-likeness (QED) is 0.769. The maximum atomic E-state index is 13.0. The number of hydrogen-bond donors (Lipinski definition) is 1. The smallest absolute Gasteiger partial charge is 0.126 e. The van der Waals surface area contributed by atoms with Gasteiger partial charge in [0.15, 0.2) is 0 Å². The maximum absolute atomic E-state index is 13.0. The van der Waals surface area contributed by atoms with E-state index < -0.39 is 0 Å². The molecule has 0 saturated heterocycles. The minimum Gasteiger partial charge on any atom is -0.492 e. The van der Waals surface area contributed by atoms with Gasteiger partial charge in [0.05, 0.1) is 0 Å². The molecular formula is C14H22FNO. The monoisotopic (exact) mass is 239 g/mol. The SMILES string of the molecule is CCC(C)(C)NCCOc1cc(F)ccc1C. The van der Waals surface area contributed by atoms with Gasteiger partial charge in [-0.1, -0.05) is 13.0 Å². The highest BCUT2D eigenvalue weighted by atomic mass is 19.1. The predicted octanol–water partition coefficient (Wildman–Crippen LogP) is 3.29. The average Bonchev–Trinajstić information content (AvgIpc) is 2.29. The lowest BCUT2D eigenvalue weighted by Crippen LogP contribution is -2.40. The molecule has 1 N–H and O–H groups in total. The van der Waals surface area contributed by atoms with Crippen LogP contribution in [-0.4, -0.2) is 18.7 Å². The van der Waals surface area contributed by atoms with Gasteiger partial charge in [0.1, 0.15) is 18.2 Å². The molecule has 17 heavy (non-hydrogen) atoms. The summed E-state index contributed by atoms with van der Waals surface area (Å²) < 4.78 is 18.6. The summed E-state index contributed by atoms with van der Waals surface area (Å²) >= 11 is 0. The first-order valence-corrected chi connectivity index (χ1v) is 6.08. The average molecular weight is 239 g/mol. The largest absolute Gasteiger partial charge is 0.492 e. The van der Waals surface area contributed by atoms with Crippen molar-refractivity contribution in [2.24, 2.45) is 0 Å². The van der Waals surface area contributed by atoms with Crippen molar-refractivity contribution in [3.05, 3.63) is 29.6 Å². The molecule has 0 aromatic heterocycles. The Bertz CT molecular complexity index is 363. The molecule has 1 rings (SSSR count). The summed E-state index contributed by atoms with van der Waals surface area (Å²) in [4.78, 5) is 0. The molecule has 0 heterocycles. The predicted molar refractivity (Wildman–Crippen MR) is 69.0 cm³/mol. The summed E-state index contributed by atoms with van der Waals surface area (Å²) in [7, 11) is 0. The standard InChI is InChI=1S/C14H22FNO/c1-5-14(3,4)16-8-9-17-13-10-12(15)7-6-11(13)2/h6-7,10,16H,5,8-9H2,1-4H3. The third-order valence-corrected chi connectivity index (χ3v) is 3.00. The third-order valence-electron chi connectivity index (χ3n) is 3.00. The van der Waals surface area contributed by atoms with Crippen molar-refractivity contribution in [1.29, 1.82) is 0 Å². The molecule has 0 spiro atoms. The Morgan fingerprint density at radius 1 is 1.35 bits per heavy atom. The summed E-state index contributed by atoms with van der Waals surface area (Å²) in [5.74, 6) is 0.369. The number of rotatable bonds is 6. The van der Waals surface area contributed by atoms with Gasteiger partial charge in [0.2, 0.25) is 0 Å². The van der Waals surface area contributed by atoms with Crippen LogP contribution < -0.4 is 10.1 Å². The lowest BCUT2D eigenvalue weighted by molar-refractivity contribution is 0.278. The van der Waals surface area contributed by atoms with E-state index in [0.717, 1.165) is 18.5 Å². The fourth-order valence-electron chi connectivity index (χ4n) is 1.40. The van der Waals surface area contributed by atoms with Crippen molar-refractivity contribution >= 4 is 0 Å². The van der Waals surface area contributed by atoms with Crippen molar-refractivity contribution in [1.82, 2.24) is 5.32 Å².